The Hall–Kier alpha value is -0.120. The Balaban J connectivity index is 2.65. The van der Waals surface area contributed by atoms with Gasteiger partial charge in [0.2, 0.25) is 0 Å². The third-order valence-electron chi connectivity index (χ3n) is 4.06. The van der Waals surface area contributed by atoms with Crippen molar-refractivity contribution in [2.24, 2.45) is 11.3 Å². The fourth-order valence-corrected chi connectivity index (χ4v) is 2.62. The second-order valence-corrected chi connectivity index (χ2v) is 4.88. The predicted molar refractivity (Wildman–Crippen MR) is 59.5 cm³/mol. The second-order valence-electron chi connectivity index (χ2n) is 4.88. The van der Waals surface area contributed by atoms with Gasteiger partial charge in [-0.15, -0.1) is 0 Å². The van der Waals surface area contributed by atoms with Crippen LogP contribution in [0.4, 0.5) is 0 Å². The summed E-state index contributed by atoms with van der Waals surface area (Å²) in [6.07, 6.45) is 5.71. The van der Waals surface area contributed by atoms with E-state index in [0.717, 1.165) is 12.8 Å². The Kier molecular flexibility index (Phi) is 5.03. The van der Waals surface area contributed by atoms with Crippen LogP contribution in [0.3, 0.4) is 0 Å². The highest BCUT2D eigenvalue weighted by atomic mass is 16.3. The highest BCUT2D eigenvalue weighted by Crippen LogP contribution is 2.36. The molecular formula is C12H24O3. The Morgan fingerprint density at radius 1 is 1.13 bits per heavy atom. The quantitative estimate of drug-likeness (QED) is 0.649. The van der Waals surface area contributed by atoms with Gasteiger partial charge < -0.3 is 15.3 Å². The minimum Gasteiger partial charge on any atom is -0.396 e. The molecule has 1 saturated carbocycles. The van der Waals surface area contributed by atoms with E-state index in [1.54, 1.807) is 0 Å². The molecule has 90 valence electrons. The molecule has 15 heavy (non-hydrogen) atoms. The molecule has 0 aromatic carbocycles. The summed E-state index contributed by atoms with van der Waals surface area (Å²) >= 11 is 0. The zero-order chi connectivity index (χ0) is 11.3. The monoisotopic (exact) mass is 216 g/mol. The number of hydrogen-bond donors (Lipinski definition) is 3. The van der Waals surface area contributed by atoms with E-state index >= 15 is 0 Å². The molecule has 0 bridgehead atoms. The topological polar surface area (TPSA) is 60.7 Å². The molecule has 0 saturated heterocycles. The van der Waals surface area contributed by atoms with Crippen LogP contribution in [0.5, 0.6) is 0 Å². The van der Waals surface area contributed by atoms with Crippen molar-refractivity contribution in [3.8, 4) is 0 Å². The maximum Gasteiger partial charge on any atom is 0.0668 e. The summed E-state index contributed by atoms with van der Waals surface area (Å²) in [7, 11) is 0. The SMILES string of the molecule is CCC(CO)(CO)C(O)C1CCCCC1. The van der Waals surface area contributed by atoms with Crippen molar-refractivity contribution in [3.05, 3.63) is 0 Å². The van der Waals surface area contributed by atoms with Gasteiger partial charge in [0.25, 0.3) is 0 Å². The number of aliphatic hydroxyl groups excluding tert-OH is 3. The van der Waals surface area contributed by atoms with Gasteiger partial charge in [-0.2, -0.15) is 0 Å². The van der Waals surface area contributed by atoms with Crippen molar-refractivity contribution in [2.45, 2.75) is 51.6 Å². The molecule has 0 heterocycles. The molecule has 3 N–H and O–H groups in total. The molecule has 1 aliphatic rings. The van der Waals surface area contributed by atoms with E-state index in [2.05, 4.69) is 0 Å². The van der Waals surface area contributed by atoms with Gasteiger partial charge in [-0.05, 0) is 25.2 Å². The van der Waals surface area contributed by atoms with Gasteiger partial charge in [0.1, 0.15) is 0 Å². The predicted octanol–water partition coefficient (Wildman–Crippen LogP) is 1.31. The molecule has 1 unspecified atom stereocenters. The number of aliphatic hydroxyl groups is 3. The molecule has 1 rings (SSSR count). The van der Waals surface area contributed by atoms with Crippen LogP contribution in [0.25, 0.3) is 0 Å². The van der Waals surface area contributed by atoms with Gasteiger partial charge in [-0.1, -0.05) is 26.2 Å². The van der Waals surface area contributed by atoms with E-state index in [-0.39, 0.29) is 19.1 Å². The van der Waals surface area contributed by atoms with Crippen molar-refractivity contribution >= 4 is 0 Å². The molecule has 0 aromatic heterocycles. The lowest BCUT2D eigenvalue weighted by atomic mass is 9.71. The molecule has 3 nitrogen and oxygen atoms in total. The first-order valence-electron chi connectivity index (χ1n) is 6.10. The molecule has 0 aliphatic heterocycles. The normalized spacial score (nSPS) is 21.6. The van der Waals surface area contributed by atoms with Gasteiger partial charge in [0.15, 0.2) is 0 Å². The van der Waals surface area contributed by atoms with E-state index in [9.17, 15) is 15.3 Å². The summed E-state index contributed by atoms with van der Waals surface area (Å²) in [6, 6.07) is 0. The molecule has 0 spiro atoms. The van der Waals surface area contributed by atoms with Crippen LogP contribution in [-0.4, -0.2) is 34.6 Å². The summed E-state index contributed by atoms with van der Waals surface area (Å²) < 4.78 is 0. The van der Waals surface area contributed by atoms with Crippen molar-refractivity contribution in [1.29, 1.82) is 0 Å². The largest absolute Gasteiger partial charge is 0.396 e. The first-order chi connectivity index (χ1) is 7.20. The zero-order valence-electron chi connectivity index (χ0n) is 9.65. The molecule has 0 aromatic rings. The molecule has 1 fully saturated rings. The maximum atomic E-state index is 10.3. The van der Waals surface area contributed by atoms with E-state index in [0.29, 0.717) is 6.42 Å². The second kappa shape index (κ2) is 5.83. The Morgan fingerprint density at radius 2 is 1.67 bits per heavy atom. The van der Waals surface area contributed by atoms with Crippen LogP contribution in [0.2, 0.25) is 0 Å². The minimum absolute atomic E-state index is 0.127. The van der Waals surface area contributed by atoms with Crippen molar-refractivity contribution in [2.75, 3.05) is 13.2 Å². The first-order valence-corrected chi connectivity index (χ1v) is 6.10. The fourth-order valence-electron chi connectivity index (χ4n) is 2.62. The Morgan fingerprint density at radius 3 is 2.07 bits per heavy atom. The van der Waals surface area contributed by atoms with Crippen LogP contribution in [0, 0.1) is 11.3 Å². The summed E-state index contributed by atoms with van der Waals surface area (Å²) in [5.41, 5.74) is -0.692. The summed E-state index contributed by atoms with van der Waals surface area (Å²) in [5.74, 6) is 0.262. The van der Waals surface area contributed by atoms with Crippen LogP contribution in [0.1, 0.15) is 45.4 Å². The molecule has 1 aliphatic carbocycles. The van der Waals surface area contributed by atoms with E-state index < -0.39 is 11.5 Å². The van der Waals surface area contributed by atoms with Crippen LogP contribution in [-0.2, 0) is 0 Å². The lowest BCUT2D eigenvalue weighted by molar-refractivity contribution is -0.0888. The zero-order valence-corrected chi connectivity index (χ0v) is 9.65. The van der Waals surface area contributed by atoms with Gasteiger partial charge in [-0.3, -0.25) is 0 Å². The van der Waals surface area contributed by atoms with Crippen LogP contribution >= 0.6 is 0 Å². The van der Waals surface area contributed by atoms with Gasteiger partial charge >= 0.3 is 0 Å². The van der Waals surface area contributed by atoms with Crippen LogP contribution in [0.15, 0.2) is 0 Å². The third kappa shape index (κ3) is 2.71. The highest BCUT2D eigenvalue weighted by Gasteiger charge is 2.40. The standard InChI is InChI=1S/C12H24O3/c1-2-12(8-13,9-14)11(15)10-6-4-3-5-7-10/h10-11,13-15H,2-9H2,1H3. The fraction of sp³-hybridized carbons (Fsp3) is 1.00. The van der Waals surface area contributed by atoms with Crippen molar-refractivity contribution in [3.63, 3.8) is 0 Å². The maximum absolute atomic E-state index is 10.3. The van der Waals surface area contributed by atoms with Gasteiger partial charge in [0.05, 0.1) is 19.3 Å². The summed E-state index contributed by atoms with van der Waals surface area (Å²) in [5, 5.41) is 29.0. The van der Waals surface area contributed by atoms with Gasteiger partial charge in [0, 0.05) is 5.41 Å². The minimum atomic E-state index is -0.692. The van der Waals surface area contributed by atoms with Gasteiger partial charge in [-0.25, -0.2) is 0 Å². The van der Waals surface area contributed by atoms with E-state index in [1.807, 2.05) is 6.92 Å². The molecule has 0 amide bonds. The molecule has 3 heteroatoms. The van der Waals surface area contributed by atoms with E-state index in [4.69, 9.17) is 0 Å². The summed E-state index contributed by atoms with van der Waals surface area (Å²) in [6.45, 7) is 1.66. The lowest BCUT2D eigenvalue weighted by Crippen LogP contribution is -2.46. The Bertz CT molecular complexity index is 163. The molecule has 1 atom stereocenters. The highest BCUT2D eigenvalue weighted by molar-refractivity contribution is 4.89. The smallest absolute Gasteiger partial charge is 0.0668 e. The van der Waals surface area contributed by atoms with E-state index in [1.165, 1.54) is 19.3 Å². The molecular weight excluding hydrogens is 192 g/mol. The third-order valence-corrected chi connectivity index (χ3v) is 4.06. The summed E-state index contributed by atoms with van der Waals surface area (Å²) in [4.78, 5) is 0. The number of rotatable bonds is 5. The van der Waals surface area contributed by atoms with Crippen LogP contribution < -0.4 is 0 Å². The number of hydrogen-bond acceptors (Lipinski definition) is 3. The first kappa shape index (κ1) is 12.9. The molecule has 0 radical (unpaired) electrons. The van der Waals surface area contributed by atoms with Crippen molar-refractivity contribution in [1.82, 2.24) is 0 Å². The van der Waals surface area contributed by atoms with Crippen molar-refractivity contribution < 1.29 is 15.3 Å². The lowest BCUT2D eigenvalue weighted by Gasteiger charge is -2.39. The average molecular weight is 216 g/mol. The Labute approximate surface area is 92.1 Å². The average Bonchev–Trinajstić information content (AvgIpc) is 2.33.